The number of rotatable bonds is 6. The summed E-state index contributed by atoms with van der Waals surface area (Å²) in [4.78, 5) is 15.8. The summed E-state index contributed by atoms with van der Waals surface area (Å²) in [7, 11) is 0. The van der Waals surface area contributed by atoms with E-state index in [1.54, 1.807) is 24.3 Å². The van der Waals surface area contributed by atoms with Crippen molar-refractivity contribution in [3.63, 3.8) is 0 Å². The fourth-order valence-electron chi connectivity index (χ4n) is 1.70. The van der Waals surface area contributed by atoms with Gasteiger partial charge in [0.2, 0.25) is 5.88 Å². The molecule has 1 aromatic carbocycles. The summed E-state index contributed by atoms with van der Waals surface area (Å²) in [5.74, 6) is -0.373. The first-order valence-electron chi connectivity index (χ1n) is 6.46. The summed E-state index contributed by atoms with van der Waals surface area (Å²) < 4.78 is 28.7. The van der Waals surface area contributed by atoms with Crippen molar-refractivity contribution >= 4 is 11.6 Å². The molecule has 2 N–H and O–H groups in total. The average molecular weight is 308 g/mol. The van der Waals surface area contributed by atoms with E-state index in [0.29, 0.717) is 11.3 Å². The number of aliphatic hydroxyl groups is 1. The van der Waals surface area contributed by atoms with Crippen LogP contribution in [-0.4, -0.2) is 29.0 Å². The van der Waals surface area contributed by atoms with E-state index in [4.69, 9.17) is 9.84 Å². The van der Waals surface area contributed by atoms with Gasteiger partial charge in [0.05, 0.1) is 12.2 Å². The van der Waals surface area contributed by atoms with Crippen LogP contribution in [-0.2, 0) is 6.61 Å². The maximum absolute atomic E-state index is 12.0. The maximum atomic E-state index is 12.0. The number of pyridine rings is 1. The average Bonchev–Trinajstić information content (AvgIpc) is 2.53. The lowest BCUT2D eigenvalue weighted by Crippen LogP contribution is -2.13. The Labute approximate surface area is 125 Å². The smallest absolute Gasteiger partial charge is 0.272 e. The van der Waals surface area contributed by atoms with Gasteiger partial charge in [0, 0.05) is 18.0 Å². The molecule has 0 radical (unpaired) electrons. The van der Waals surface area contributed by atoms with E-state index in [1.165, 1.54) is 18.3 Å². The Morgan fingerprint density at radius 3 is 2.77 bits per heavy atom. The molecule has 0 aliphatic heterocycles. The Hall–Kier alpha value is -2.54. The van der Waals surface area contributed by atoms with Crippen molar-refractivity contribution in [2.75, 3.05) is 11.9 Å². The number of benzene rings is 1. The van der Waals surface area contributed by atoms with Crippen LogP contribution in [0, 0.1) is 0 Å². The minimum Gasteiger partial charge on any atom is -0.472 e. The first kappa shape index (κ1) is 15.8. The minimum atomic E-state index is -2.58. The molecule has 0 saturated heterocycles. The van der Waals surface area contributed by atoms with Crippen LogP contribution in [0.5, 0.6) is 5.88 Å². The van der Waals surface area contributed by atoms with Crippen LogP contribution in [0.2, 0.25) is 0 Å². The zero-order chi connectivity index (χ0) is 15.9. The van der Waals surface area contributed by atoms with Crippen LogP contribution >= 0.6 is 0 Å². The normalized spacial score (nSPS) is 10.5. The van der Waals surface area contributed by atoms with Crippen molar-refractivity contribution in [2.24, 2.45) is 0 Å². The Morgan fingerprint density at radius 2 is 2.14 bits per heavy atom. The minimum absolute atomic E-state index is 0.0270. The molecule has 1 heterocycles. The fourth-order valence-corrected chi connectivity index (χ4v) is 1.70. The summed E-state index contributed by atoms with van der Waals surface area (Å²) in [5.41, 5.74) is 1.47. The van der Waals surface area contributed by atoms with E-state index in [1.807, 2.05) is 0 Å². The van der Waals surface area contributed by atoms with Crippen LogP contribution in [0.15, 0.2) is 42.6 Å². The second-order valence-electron chi connectivity index (χ2n) is 4.40. The van der Waals surface area contributed by atoms with Gasteiger partial charge in [-0.1, -0.05) is 12.1 Å². The molecule has 22 heavy (non-hydrogen) atoms. The molecule has 2 aromatic rings. The van der Waals surface area contributed by atoms with Crippen LogP contribution < -0.4 is 10.1 Å². The highest BCUT2D eigenvalue weighted by molar-refractivity contribution is 6.04. The Kier molecular flexibility index (Phi) is 5.37. The number of halogens is 2. The molecule has 0 saturated carbocycles. The number of aliphatic hydroxyl groups excluding tert-OH is 1. The predicted molar refractivity (Wildman–Crippen MR) is 76.1 cm³/mol. The van der Waals surface area contributed by atoms with Gasteiger partial charge in [0.1, 0.15) is 0 Å². The highest BCUT2D eigenvalue weighted by Gasteiger charge is 2.09. The zero-order valence-corrected chi connectivity index (χ0v) is 11.5. The SMILES string of the molecule is O=C(Nc1cccc(CO)c1)c1ccc(OCC(F)F)nc1. The van der Waals surface area contributed by atoms with Gasteiger partial charge in [-0.15, -0.1) is 0 Å². The molecule has 0 aliphatic carbocycles. The molecule has 2 rings (SSSR count). The van der Waals surface area contributed by atoms with Gasteiger partial charge >= 0.3 is 0 Å². The first-order valence-corrected chi connectivity index (χ1v) is 6.46. The van der Waals surface area contributed by atoms with Crippen molar-refractivity contribution in [2.45, 2.75) is 13.0 Å². The summed E-state index contributed by atoms with van der Waals surface area (Å²) in [5, 5.41) is 11.7. The molecular weight excluding hydrogens is 294 g/mol. The monoisotopic (exact) mass is 308 g/mol. The first-order chi connectivity index (χ1) is 10.6. The molecule has 0 unspecified atom stereocenters. The molecule has 0 aliphatic rings. The Morgan fingerprint density at radius 1 is 1.32 bits per heavy atom. The number of carbonyl (C=O) groups is 1. The van der Waals surface area contributed by atoms with Crippen molar-refractivity contribution in [1.82, 2.24) is 4.98 Å². The quantitative estimate of drug-likeness (QED) is 0.860. The van der Waals surface area contributed by atoms with Crippen LogP contribution in [0.3, 0.4) is 0 Å². The number of anilines is 1. The molecule has 7 heteroatoms. The van der Waals surface area contributed by atoms with Crippen LogP contribution in [0.4, 0.5) is 14.5 Å². The van der Waals surface area contributed by atoms with Crippen LogP contribution in [0.1, 0.15) is 15.9 Å². The molecular formula is C15H14F2N2O3. The third kappa shape index (κ3) is 4.49. The molecule has 0 spiro atoms. The summed E-state index contributed by atoms with van der Waals surface area (Å²) in [6.45, 7) is -0.867. The Bertz CT molecular complexity index is 633. The van der Waals surface area contributed by atoms with E-state index in [0.717, 1.165) is 0 Å². The zero-order valence-electron chi connectivity index (χ0n) is 11.5. The molecule has 1 aromatic heterocycles. The Balaban J connectivity index is 2.00. The van der Waals surface area contributed by atoms with E-state index in [9.17, 15) is 13.6 Å². The number of nitrogens with one attached hydrogen (secondary N) is 1. The molecule has 1 amide bonds. The number of carbonyl (C=O) groups excluding carboxylic acids is 1. The second-order valence-corrected chi connectivity index (χ2v) is 4.40. The van der Waals surface area contributed by atoms with Crippen molar-refractivity contribution < 1.29 is 23.4 Å². The van der Waals surface area contributed by atoms with Gasteiger partial charge in [0.15, 0.2) is 6.61 Å². The lowest BCUT2D eigenvalue weighted by atomic mass is 10.2. The standard InChI is InChI=1S/C15H14F2N2O3/c16-13(17)9-22-14-5-4-11(7-18-14)15(21)19-12-3-1-2-10(6-12)8-20/h1-7,13,20H,8-9H2,(H,19,21). The van der Waals surface area contributed by atoms with Crippen molar-refractivity contribution in [3.05, 3.63) is 53.7 Å². The van der Waals surface area contributed by atoms with Crippen molar-refractivity contribution in [1.29, 1.82) is 0 Å². The number of hydrogen-bond donors (Lipinski definition) is 2. The highest BCUT2D eigenvalue weighted by Crippen LogP contribution is 2.14. The molecule has 0 atom stereocenters. The molecule has 116 valence electrons. The summed E-state index contributed by atoms with van der Waals surface area (Å²) in [6.07, 6.45) is -1.34. The molecule has 0 fully saturated rings. The fraction of sp³-hybridized carbons (Fsp3) is 0.200. The number of ether oxygens (including phenoxy) is 1. The van der Waals surface area contributed by atoms with E-state index < -0.39 is 18.9 Å². The van der Waals surface area contributed by atoms with Crippen molar-refractivity contribution in [3.8, 4) is 5.88 Å². The maximum Gasteiger partial charge on any atom is 0.272 e. The van der Waals surface area contributed by atoms with Gasteiger partial charge in [-0.2, -0.15) is 0 Å². The third-order valence-corrected chi connectivity index (χ3v) is 2.72. The largest absolute Gasteiger partial charge is 0.472 e. The number of aromatic nitrogens is 1. The second kappa shape index (κ2) is 7.46. The van der Waals surface area contributed by atoms with Crippen LogP contribution in [0.25, 0.3) is 0 Å². The molecule has 0 bridgehead atoms. The van der Waals surface area contributed by atoms with E-state index in [-0.39, 0.29) is 18.1 Å². The lowest BCUT2D eigenvalue weighted by Gasteiger charge is -2.07. The summed E-state index contributed by atoms with van der Waals surface area (Å²) >= 11 is 0. The molecule has 5 nitrogen and oxygen atoms in total. The highest BCUT2D eigenvalue weighted by atomic mass is 19.3. The van der Waals surface area contributed by atoms with E-state index in [2.05, 4.69) is 10.3 Å². The van der Waals surface area contributed by atoms with Gasteiger partial charge in [-0.25, -0.2) is 13.8 Å². The van der Waals surface area contributed by atoms with Gasteiger partial charge in [-0.3, -0.25) is 4.79 Å². The van der Waals surface area contributed by atoms with Gasteiger partial charge < -0.3 is 15.2 Å². The number of amides is 1. The van der Waals surface area contributed by atoms with E-state index >= 15 is 0 Å². The number of hydrogen-bond acceptors (Lipinski definition) is 4. The summed E-state index contributed by atoms with van der Waals surface area (Å²) in [6, 6.07) is 9.55. The third-order valence-electron chi connectivity index (χ3n) is 2.72. The topological polar surface area (TPSA) is 71.5 Å². The van der Waals surface area contributed by atoms with Gasteiger partial charge in [-0.05, 0) is 23.8 Å². The predicted octanol–water partition coefficient (Wildman–Crippen LogP) is 2.47. The number of alkyl halides is 2. The van der Waals surface area contributed by atoms with Gasteiger partial charge in [0.25, 0.3) is 12.3 Å². The lowest BCUT2D eigenvalue weighted by molar-refractivity contribution is 0.0795. The number of nitrogens with zero attached hydrogens (tertiary/aromatic N) is 1.